The molecule has 0 heterocycles. The van der Waals surface area contributed by atoms with E-state index in [4.69, 9.17) is 11.6 Å². The summed E-state index contributed by atoms with van der Waals surface area (Å²) >= 11 is 6.04. The molecule has 2 rings (SSSR count). The van der Waals surface area contributed by atoms with Crippen molar-refractivity contribution in [1.82, 2.24) is 0 Å². The highest BCUT2D eigenvalue weighted by Crippen LogP contribution is 2.31. The van der Waals surface area contributed by atoms with E-state index in [1.54, 1.807) is 54.6 Å². The van der Waals surface area contributed by atoms with Crippen LogP contribution in [0.2, 0.25) is 0 Å². The van der Waals surface area contributed by atoms with Crippen LogP contribution < -0.4 is 0 Å². The Morgan fingerprint density at radius 2 is 1.29 bits per heavy atom. The molecule has 0 aliphatic rings. The number of hydrogen-bond acceptors (Lipinski definition) is 2. The van der Waals surface area contributed by atoms with Crippen LogP contribution in [-0.4, -0.2) is 8.42 Å². The fourth-order valence-corrected chi connectivity index (χ4v) is 3.26. The molecule has 0 amide bonds. The van der Waals surface area contributed by atoms with Gasteiger partial charge >= 0.3 is 0 Å². The smallest absolute Gasteiger partial charge is 0.199 e. The molecule has 4 heteroatoms. The van der Waals surface area contributed by atoms with Gasteiger partial charge < -0.3 is 0 Å². The summed E-state index contributed by atoms with van der Waals surface area (Å²) in [5, 5.41) is 0. The zero-order chi connectivity index (χ0) is 12.3. The van der Waals surface area contributed by atoms with E-state index < -0.39 is 14.5 Å². The van der Waals surface area contributed by atoms with Crippen LogP contribution in [0.25, 0.3) is 0 Å². The van der Waals surface area contributed by atoms with E-state index in [1.165, 1.54) is 0 Å². The molecule has 2 aromatic rings. The minimum atomic E-state index is -3.53. The third-order valence-electron chi connectivity index (χ3n) is 2.41. The lowest BCUT2D eigenvalue weighted by atomic mass is 10.2. The van der Waals surface area contributed by atoms with Gasteiger partial charge in [-0.05, 0) is 17.7 Å². The van der Waals surface area contributed by atoms with Crippen molar-refractivity contribution in [2.75, 3.05) is 0 Å². The molecule has 0 aromatic heterocycles. The summed E-state index contributed by atoms with van der Waals surface area (Å²) < 4.78 is 23.4. The van der Waals surface area contributed by atoms with Crippen molar-refractivity contribution in [2.24, 2.45) is 0 Å². The summed E-state index contributed by atoms with van der Waals surface area (Å²) in [6.07, 6.45) is 0. The molecule has 0 saturated carbocycles. The lowest BCUT2D eigenvalue weighted by Gasteiger charge is -2.11. The van der Waals surface area contributed by atoms with Crippen LogP contribution in [0.5, 0.6) is 0 Å². The minimum absolute atomic E-state index is 0.240. The molecule has 0 aliphatic heterocycles. The number of rotatable bonds is 3. The number of sulfone groups is 1. The maximum atomic E-state index is 12.2. The van der Waals surface area contributed by atoms with E-state index in [0.29, 0.717) is 5.56 Å². The Bertz CT molecular complexity index is 579. The average molecular weight is 267 g/mol. The predicted molar refractivity (Wildman–Crippen MR) is 68.7 cm³/mol. The van der Waals surface area contributed by atoms with Gasteiger partial charge in [0.1, 0.15) is 0 Å². The largest absolute Gasteiger partial charge is 0.222 e. The van der Waals surface area contributed by atoms with E-state index in [-0.39, 0.29) is 4.90 Å². The zero-order valence-electron chi connectivity index (χ0n) is 8.95. The number of alkyl halides is 1. The van der Waals surface area contributed by atoms with Crippen LogP contribution in [-0.2, 0) is 9.84 Å². The standard InChI is InChI=1S/C13H11ClO2S/c14-13(11-7-3-1-4-8-11)17(15,16)12-9-5-2-6-10-12/h1-10,13H. The molecule has 17 heavy (non-hydrogen) atoms. The van der Waals surface area contributed by atoms with Gasteiger partial charge in [-0.15, -0.1) is 0 Å². The molecule has 0 aliphatic carbocycles. The van der Waals surface area contributed by atoms with Gasteiger partial charge in [-0.1, -0.05) is 60.1 Å². The first kappa shape index (κ1) is 12.1. The van der Waals surface area contributed by atoms with E-state index >= 15 is 0 Å². The predicted octanol–water partition coefficient (Wildman–Crippen LogP) is 3.40. The second-order valence-corrected chi connectivity index (χ2v) is 6.31. The maximum absolute atomic E-state index is 12.2. The van der Waals surface area contributed by atoms with Crippen molar-refractivity contribution < 1.29 is 8.42 Å². The topological polar surface area (TPSA) is 34.1 Å². The fraction of sp³-hybridized carbons (Fsp3) is 0.0769. The first-order chi connectivity index (χ1) is 8.12. The Kier molecular flexibility index (Phi) is 3.50. The molecular formula is C13H11ClO2S. The Morgan fingerprint density at radius 1 is 0.824 bits per heavy atom. The van der Waals surface area contributed by atoms with E-state index in [1.807, 2.05) is 6.07 Å². The van der Waals surface area contributed by atoms with E-state index in [9.17, 15) is 8.42 Å². The number of benzene rings is 2. The summed E-state index contributed by atoms with van der Waals surface area (Å²) in [6, 6.07) is 17.0. The molecular weight excluding hydrogens is 256 g/mol. The van der Waals surface area contributed by atoms with Crippen molar-refractivity contribution >= 4 is 21.4 Å². The normalized spacial score (nSPS) is 13.2. The Morgan fingerprint density at radius 3 is 1.82 bits per heavy atom. The van der Waals surface area contributed by atoms with Crippen LogP contribution in [0.4, 0.5) is 0 Å². The van der Waals surface area contributed by atoms with Gasteiger partial charge in [-0.3, -0.25) is 0 Å². The molecule has 2 aromatic carbocycles. The van der Waals surface area contributed by atoms with Crippen molar-refractivity contribution in [2.45, 2.75) is 9.60 Å². The molecule has 88 valence electrons. The van der Waals surface area contributed by atoms with E-state index in [2.05, 4.69) is 0 Å². The van der Waals surface area contributed by atoms with Crippen molar-refractivity contribution in [1.29, 1.82) is 0 Å². The zero-order valence-corrected chi connectivity index (χ0v) is 10.5. The van der Waals surface area contributed by atoms with Gasteiger partial charge in [0.25, 0.3) is 0 Å². The summed E-state index contributed by atoms with van der Waals surface area (Å²) in [6.45, 7) is 0. The van der Waals surface area contributed by atoms with Crippen molar-refractivity contribution in [3.8, 4) is 0 Å². The van der Waals surface area contributed by atoms with Gasteiger partial charge in [0.05, 0.1) is 4.90 Å². The molecule has 0 fully saturated rings. The van der Waals surface area contributed by atoms with Crippen LogP contribution in [0.15, 0.2) is 65.6 Å². The van der Waals surface area contributed by atoms with E-state index in [0.717, 1.165) is 0 Å². The number of hydrogen-bond donors (Lipinski definition) is 0. The van der Waals surface area contributed by atoms with Gasteiger partial charge in [-0.25, -0.2) is 8.42 Å². The quantitative estimate of drug-likeness (QED) is 0.798. The molecule has 0 bridgehead atoms. The monoisotopic (exact) mass is 266 g/mol. The molecule has 1 unspecified atom stereocenters. The highest BCUT2D eigenvalue weighted by Gasteiger charge is 2.26. The van der Waals surface area contributed by atoms with Crippen LogP contribution in [0.1, 0.15) is 10.3 Å². The maximum Gasteiger partial charge on any atom is 0.199 e. The summed E-state index contributed by atoms with van der Waals surface area (Å²) in [4.78, 5) is 0.240. The molecule has 0 N–H and O–H groups in total. The fourth-order valence-electron chi connectivity index (χ4n) is 1.51. The second-order valence-electron chi connectivity index (χ2n) is 3.58. The SMILES string of the molecule is O=S(=O)(c1ccccc1)C(Cl)c1ccccc1. The lowest BCUT2D eigenvalue weighted by Crippen LogP contribution is -2.08. The van der Waals surface area contributed by atoms with Crippen LogP contribution >= 0.6 is 11.6 Å². The van der Waals surface area contributed by atoms with Crippen LogP contribution in [0.3, 0.4) is 0 Å². The van der Waals surface area contributed by atoms with Gasteiger partial charge in [-0.2, -0.15) is 0 Å². The van der Waals surface area contributed by atoms with Gasteiger partial charge in [0, 0.05) is 0 Å². The van der Waals surface area contributed by atoms with Crippen molar-refractivity contribution in [3.63, 3.8) is 0 Å². The lowest BCUT2D eigenvalue weighted by molar-refractivity contribution is 0.594. The van der Waals surface area contributed by atoms with Crippen LogP contribution in [0, 0.1) is 0 Å². The highest BCUT2D eigenvalue weighted by molar-refractivity contribution is 7.92. The molecule has 1 atom stereocenters. The first-order valence-corrected chi connectivity index (χ1v) is 7.08. The Hall–Kier alpha value is -1.32. The summed E-state index contributed by atoms with van der Waals surface area (Å²) in [5.74, 6) is 0. The highest BCUT2D eigenvalue weighted by atomic mass is 35.5. The van der Waals surface area contributed by atoms with Crippen molar-refractivity contribution in [3.05, 3.63) is 66.2 Å². The Balaban J connectivity index is 2.41. The third-order valence-corrected chi connectivity index (χ3v) is 5.11. The molecule has 0 radical (unpaired) electrons. The Labute approximate surface area is 106 Å². The third kappa shape index (κ3) is 2.51. The molecule has 0 saturated heterocycles. The minimum Gasteiger partial charge on any atom is -0.222 e. The number of halogens is 1. The molecule has 0 spiro atoms. The van der Waals surface area contributed by atoms with Gasteiger partial charge in [0.2, 0.25) is 0 Å². The summed E-state index contributed by atoms with van der Waals surface area (Å²) in [7, 11) is -3.53. The average Bonchev–Trinajstić information content (AvgIpc) is 2.40. The molecule has 2 nitrogen and oxygen atoms in total. The van der Waals surface area contributed by atoms with Gasteiger partial charge in [0.15, 0.2) is 14.5 Å². The first-order valence-electron chi connectivity index (χ1n) is 5.10. The second kappa shape index (κ2) is 4.90. The summed E-state index contributed by atoms with van der Waals surface area (Å²) in [5.41, 5.74) is 0.581.